The highest BCUT2D eigenvalue weighted by Crippen LogP contribution is 2.11. The fourth-order valence-corrected chi connectivity index (χ4v) is 0.972. The van der Waals surface area contributed by atoms with Crippen molar-refractivity contribution in [3.05, 3.63) is 98.0 Å². The van der Waals surface area contributed by atoms with Crippen molar-refractivity contribution in [1.29, 1.82) is 0 Å². The Labute approximate surface area is 113 Å². The zero-order valence-electron chi connectivity index (χ0n) is 10.7. The van der Waals surface area contributed by atoms with Crippen molar-refractivity contribution in [2.45, 2.75) is 0 Å². The van der Waals surface area contributed by atoms with Gasteiger partial charge in [-0.15, -0.1) is 0 Å². The lowest BCUT2D eigenvalue weighted by Crippen LogP contribution is -1.89. The molecule has 0 bridgehead atoms. The van der Waals surface area contributed by atoms with Crippen LogP contribution in [0.15, 0.2) is 98.0 Å². The van der Waals surface area contributed by atoms with Crippen LogP contribution in [-0.2, 0) is 4.74 Å². The second-order valence-corrected chi connectivity index (χ2v) is 3.36. The fourth-order valence-electron chi connectivity index (χ4n) is 0.972. The van der Waals surface area contributed by atoms with Gasteiger partial charge in [0.05, 0.1) is 0 Å². The van der Waals surface area contributed by atoms with Crippen molar-refractivity contribution >= 4 is 0 Å². The van der Waals surface area contributed by atoms with Crippen molar-refractivity contribution in [3.63, 3.8) is 0 Å². The largest absolute Gasteiger partial charge is 0.509 e. The van der Waals surface area contributed by atoms with Gasteiger partial charge in [-0.3, -0.25) is 0 Å². The average Bonchev–Trinajstić information content (AvgIpc) is 2.33. The van der Waals surface area contributed by atoms with Gasteiger partial charge in [-0.05, 0) is 36.5 Å². The number of hydrogen-bond acceptors (Lipinski definition) is 3. The maximum absolute atomic E-state index is 9.00. The van der Waals surface area contributed by atoms with Crippen molar-refractivity contribution in [2.24, 2.45) is 0 Å². The Bertz CT molecular complexity index is 430. The van der Waals surface area contributed by atoms with Crippen LogP contribution in [0.2, 0.25) is 0 Å². The van der Waals surface area contributed by atoms with Gasteiger partial charge in [-0.1, -0.05) is 38.5 Å². The van der Waals surface area contributed by atoms with E-state index < -0.39 is 0 Å². The number of rotatable bonds is 8. The van der Waals surface area contributed by atoms with E-state index in [1.54, 1.807) is 24.3 Å². The van der Waals surface area contributed by atoms with Gasteiger partial charge in [0.25, 0.3) is 0 Å². The maximum atomic E-state index is 9.00. The van der Waals surface area contributed by atoms with Gasteiger partial charge in [0.2, 0.25) is 0 Å². The van der Waals surface area contributed by atoms with Crippen LogP contribution in [0, 0.1) is 0 Å². The number of aliphatic hydroxyl groups excluding tert-OH is 2. The molecule has 100 valence electrons. The summed E-state index contributed by atoms with van der Waals surface area (Å²) in [4.78, 5) is 0. The first kappa shape index (κ1) is 16.3. The van der Waals surface area contributed by atoms with E-state index >= 15 is 0 Å². The SMILES string of the molecule is C=C/C=C(\C=C/C(=C)O)OC(/C=C\C(=C)O)=C/C=C. The van der Waals surface area contributed by atoms with Crippen molar-refractivity contribution in [1.82, 2.24) is 0 Å². The summed E-state index contributed by atoms with van der Waals surface area (Å²) in [6.45, 7) is 13.8. The Kier molecular flexibility index (Phi) is 8.04. The molecular formula is C16H18O3. The molecule has 0 spiro atoms. The van der Waals surface area contributed by atoms with Crippen molar-refractivity contribution < 1.29 is 14.9 Å². The van der Waals surface area contributed by atoms with E-state index in [0.29, 0.717) is 11.5 Å². The molecule has 0 amide bonds. The molecule has 0 atom stereocenters. The van der Waals surface area contributed by atoms with Crippen molar-refractivity contribution in [2.75, 3.05) is 0 Å². The van der Waals surface area contributed by atoms with E-state index in [1.165, 1.54) is 24.3 Å². The number of hydrogen-bond donors (Lipinski definition) is 2. The zero-order valence-corrected chi connectivity index (χ0v) is 10.7. The lowest BCUT2D eigenvalue weighted by atomic mass is 10.3. The summed E-state index contributed by atoms with van der Waals surface area (Å²) in [6, 6.07) is 0. The summed E-state index contributed by atoms with van der Waals surface area (Å²) in [5.74, 6) is 0.692. The number of ether oxygens (including phenoxy) is 1. The van der Waals surface area contributed by atoms with E-state index in [4.69, 9.17) is 14.9 Å². The smallest absolute Gasteiger partial charge is 0.127 e. The highest BCUT2D eigenvalue weighted by Gasteiger charge is 1.97. The molecule has 0 fully saturated rings. The van der Waals surface area contributed by atoms with Gasteiger partial charge in [-0.25, -0.2) is 0 Å². The predicted molar refractivity (Wildman–Crippen MR) is 79.5 cm³/mol. The molecule has 0 saturated heterocycles. The van der Waals surface area contributed by atoms with Gasteiger partial charge >= 0.3 is 0 Å². The topological polar surface area (TPSA) is 49.7 Å². The summed E-state index contributed by atoms with van der Waals surface area (Å²) >= 11 is 0. The Morgan fingerprint density at radius 2 is 1.11 bits per heavy atom. The molecule has 0 aliphatic rings. The van der Waals surface area contributed by atoms with E-state index in [1.807, 2.05) is 0 Å². The van der Waals surface area contributed by atoms with Crippen LogP contribution in [0.1, 0.15) is 0 Å². The molecule has 3 heteroatoms. The predicted octanol–water partition coefficient (Wildman–Crippen LogP) is 4.40. The van der Waals surface area contributed by atoms with Crippen LogP contribution >= 0.6 is 0 Å². The summed E-state index contributed by atoms with van der Waals surface area (Å²) in [6.07, 6.45) is 12.1. The van der Waals surface area contributed by atoms with Crippen LogP contribution in [0.3, 0.4) is 0 Å². The molecule has 0 aromatic heterocycles. The van der Waals surface area contributed by atoms with Gasteiger partial charge in [0.15, 0.2) is 0 Å². The number of aliphatic hydroxyl groups is 2. The molecule has 0 unspecified atom stereocenters. The van der Waals surface area contributed by atoms with Gasteiger partial charge < -0.3 is 14.9 Å². The molecule has 3 nitrogen and oxygen atoms in total. The Morgan fingerprint density at radius 1 is 0.737 bits per heavy atom. The first-order valence-corrected chi connectivity index (χ1v) is 5.44. The Morgan fingerprint density at radius 3 is 1.37 bits per heavy atom. The quantitative estimate of drug-likeness (QED) is 0.501. The van der Waals surface area contributed by atoms with E-state index in [2.05, 4.69) is 26.3 Å². The minimum Gasteiger partial charge on any atom is -0.509 e. The number of allylic oxidation sites excluding steroid dienone is 8. The lowest BCUT2D eigenvalue weighted by Gasteiger charge is -2.06. The molecule has 19 heavy (non-hydrogen) atoms. The molecule has 0 radical (unpaired) electrons. The molecule has 0 rings (SSSR count). The standard InChI is InChI=1S/C16H18O3/c1-5-7-15(11-9-13(3)17)19-16(8-6-2)12-10-14(4)18/h5-12,17-18H,1-4H2/b11-9-,12-10-,15-7+,16-8+. The molecule has 0 aromatic carbocycles. The molecule has 0 aromatic rings. The van der Waals surface area contributed by atoms with Gasteiger partial charge in [-0.2, -0.15) is 0 Å². The molecule has 0 heterocycles. The first-order chi connectivity index (χ1) is 8.99. The second kappa shape index (κ2) is 9.36. The first-order valence-electron chi connectivity index (χ1n) is 5.44. The Hall–Kier alpha value is -2.68. The molecule has 2 N–H and O–H groups in total. The van der Waals surface area contributed by atoms with E-state index in [9.17, 15) is 0 Å². The summed E-state index contributed by atoms with van der Waals surface area (Å²) in [5.41, 5.74) is 0. The molecule has 0 aliphatic heterocycles. The lowest BCUT2D eigenvalue weighted by molar-refractivity contribution is 0.335. The summed E-state index contributed by atoms with van der Waals surface area (Å²) < 4.78 is 5.53. The van der Waals surface area contributed by atoms with Crippen molar-refractivity contribution in [3.8, 4) is 0 Å². The second-order valence-electron chi connectivity index (χ2n) is 3.36. The van der Waals surface area contributed by atoms with Crippen LogP contribution in [0.5, 0.6) is 0 Å². The average molecular weight is 258 g/mol. The van der Waals surface area contributed by atoms with Crippen LogP contribution < -0.4 is 0 Å². The molecule has 0 saturated carbocycles. The fraction of sp³-hybridized carbons (Fsp3) is 0. The third kappa shape index (κ3) is 9.06. The highest BCUT2D eigenvalue weighted by molar-refractivity contribution is 5.28. The van der Waals surface area contributed by atoms with E-state index in [0.717, 1.165) is 0 Å². The van der Waals surface area contributed by atoms with Crippen LogP contribution in [0.25, 0.3) is 0 Å². The van der Waals surface area contributed by atoms with Crippen LogP contribution in [0.4, 0.5) is 0 Å². The third-order valence-electron chi connectivity index (χ3n) is 1.68. The highest BCUT2D eigenvalue weighted by atomic mass is 16.5. The summed E-state index contributed by atoms with van der Waals surface area (Å²) in [7, 11) is 0. The minimum atomic E-state index is -0.0907. The summed E-state index contributed by atoms with van der Waals surface area (Å²) in [5, 5.41) is 18.0. The van der Waals surface area contributed by atoms with Gasteiger partial charge in [0, 0.05) is 0 Å². The van der Waals surface area contributed by atoms with Gasteiger partial charge in [0.1, 0.15) is 23.0 Å². The molecular weight excluding hydrogens is 240 g/mol. The monoisotopic (exact) mass is 258 g/mol. The normalized spacial score (nSPS) is 12.6. The maximum Gasteiger partial charge on any atom is 0.127 e. The third-order valence-corrected chi connectivity index (χ3v) is 1.68. The van der Waals surface area contributed by atoms with E-state index in [-0.39, 0.29) is 11.5 Å². The zero-order chi connectivity index (χ0) is 14.7. The van der Waals surface area contributed by atoms with Crippen LogP contribution in [-0.4, -0.2) is 10.2 Å². The Balaban J connectivity index is 5.06. The molecule has 0 aliphatic carbocycles. The minimum absolute atomic E-state index is 0.0907.